The number of hydrogen-bond acceptors (Lipinski definition) is 13. The molecule has 0 bridgehead atoms. The van der Waals surface area contributed by atoms with Crippen LogP contribution in [0.3, 0.4) is 0 Å². The summed E-state index contributed by atoms with van der Waals surface area (Å²) in [6, 6.07) is -0.943. The van der Waals surface area contributed by atoms with Gasteiger partial charge in [0.2, 0.25) is 5.91 Å². The Balaban J connectivity index is 1.72. The Morgan fingerprint density at radius 1 is 0.440 bits per heavy atom. The number of carbonyl (C=O) groups excluding carboxylic acids is 1. The molecule has 2 aliphatic rings. The second-order valence-corrected chi connectivity index (χ2v) is 22.9. The van der Waals surface area contributed by atoms with Gasteiger partial charge in [0.15, 0.2) is 12.6 Å². The maximum Gasteiger partial charge on any atom is 0.220 e. The first-order valence-electron chi connectivity index (χ1n) is 33.1. The molecule has 2 heterocycles. The molecule has 2 rings (SSSR count). The Morgan fingerprint density at radius 3 is 1.31 bits per heavy atom. The fourth-order valence-corrected chi connectivity index (χ4v) is 10.2. The maximum atomic E-state index is 13.3. The zero-order valence-corrected chi connectivity index (χ0v) is 52.1. The topological polar surface area (TPSA) is 228 Å². The molecular weight excluding hydrogens is 1060 g/mol. The first-order chi connectivity index (χ1) is 41.1. The van der Waals surface area contributed by atoms with Crippen LogP contribution in [0.4, 0.5) is 0 Å². The van der Waals surface area contributed by atoms with Crippen molar-refractivity contribution in [2.24, 2.45) is 0 Å². The number of carbonyl (C=O) groups is 1. The molecule has 0 aliphatic carbocycles. The summed E-state index contributed by atoms with van der Waals surface area (Å²) < 4.78 is 22.8. The summed E-state index contributed by atoms with van der Waals surface area (Å²) in [5, 5.41) is 87.3. The van der Waals surface area contributed by atoms with Crippen LogP contribution in [0, 0.1) is 0 Å². The molecule has 482 valence electrons. The molecule has 2 saturated heterocycles. The number of unbranched alkanes of at least 4 members (excludes halogenated alkanes) is 23. The highest BCUT2D eigenvalue weighted by Crippen LogP contribution is 2.30. The maximum absolute atomic E-state index is 13.3. The summed E-state index contributed by atoms with van der Waals surface area (Å²) in [7, 11) is 0. The van der Waals surface area contributed by atoms with E-state index in [1.54, 1.807) is 6.08 Å². The molecule has 0 spiro atoms. The van der Waals surface area contributed by atoms with E-state index in [1.807, 2.05) is 6.08 Å². The van der Waals surface area contributed by atoms with Gasteiger partial charge in [-0.15, -0.1) is 0 Å². The van der Waals surface area contributed by atoms with Crippen LogP contribution in [0.2, 0.25) is 0 Å². The minimum absolute atomic E-state index is 0.259. The van der Waals surface area contributed by atoms with E-state index in [9.17, 15) is 45.6 Å². The average Bonchev–Trinajstić information content (AvgIpc) is 3.18. The number of ether oxygens (including phenoxy) is 4. The first kappa shape index (κ1) is 76.7. The van der Waals surface area contributed by atoms with Crippen molar-refractivity contribution in [2.75, 3.05) is 19.8 Å². The SMILES string of the molecule is CC/C=C\C/C=C\C/C=C\C/C=C\C/C=C\C/C=C\C/C=C\CCCCCCCCCCCC(=O)NC(COC1OC(CO)C(OC2OC(CO)C(O)C(O)C2O)C(O)C1O)C(O)/C=C/CC/C=C/CCCCCCCCCCCCCCC. The fraction of sp³-hybridized carbons (Fsp3) is 0.729. The number of aliphatic hydroxyl groups excluding tert-OH is 8. The van der Waals surface area contributed by atoms with Gasteiger partial charge in [-0.05, 0) is 89.9 Å². The lowest BCUT2D eigenvalue weighted by atomic mass is 9.97. The molecular formula is C70H119NO13. The lowest BCUT2D eigenvalue weighted by Crippen LogP contribution is -2.65. The molecule has 14 heteroatoms. The molecule has 0 saturated carbocycles. The highest BCUT2D eigenvalue weighted by atomic mass is 16.7. The third-order valence-corrected chi connectivity index (χ3v) is 15.4. The number of rotatable bonds is 52. The van der Waals surface area contributed by atoms with E-state index in [1.165, 1.54) is 116 Å². The van der Waals surface area contributed by atoms with Gasteiger partial charge in [-0.1, -0.05) is 245 Å². The monoisotopic (exact) mass is 1180 g/mol. The van der Waals surface area contributed by atoms with Crippen LogP contribution in [0.15, 0.2) is 109 Å². The molecule has 12 atom stereocenters. The summed E-state index contributed by atoms with van der Waals surface area (Å²) in [6.07, 6.45) is 59.8. The van der Waals surface area contributed by atoms with Crippen LogP contribution in [0.1, 0.15) is 232 Å². The Morgan fingerprint density at radius 2 is 0.833 bits per heavy atom. The Kier molecular flexibility index (Phi) is 49.2. The molecule has 0 aromatic rings. The Hall–Kier alpha value is -3.35. The number of hydrogen-bond donors (Lipinski definition) is 9. The molecule has 0 radical (unpaired) electrons. The normalized spacial score (nSPS) is 24.4. The van der Waals surface area contributed by atoms with Crippen molar-refractivity contribution in [3.8, 4) is 0 Å². The van der Waals surface area contributed by atoms with E-state index in [0.717, 1.165) is 83.5 Å². The van der Waals surface area contributed by atoms with Crippen molar-refractivity contribution < 1.29 is 64.6 Å². The molecule has 2 fully saturated rings. The van der Waals surface area contributed by atoms with Crippen molar-refractivity contribution in [3.05, 3.63) is 109 Å². The lowest BCUT2D eigenvalue weighted by molar-refractivity contribution is -0.359. The molecule has 0 aromatic heterocycles. The van der Waals surface area contributed by atoms with Gasteiger partial charge in [0.05, 0.1) is 32.0 Å². The molecule has 84 heavy (non-hydrogen) atoms. The Labute approximate surface area is 508 Å². The third-order valence-electron chi connectivity index (χ3n) is 15.4. The van der Waals surface area contributed by atoms with Gasteiger partial charge < -0.3 is 65.1 Å². The molecule has 9 N–H and O–H groups in total. The molecule has 2 aliphatic heterocycles. The number of allylic oxidation sites excluding steroid dienone is 17. The summed E-state index contributed by atoms with van der Waals surface area (Å²) in [5.41, 5.74) is 0. The first-order valence-corrected chi connectivity index (χ1v) is 33.1. The highest BCUT2D eigenvalue weighted by Gasteiger charge is 2.51. The summed E-state index contributed by atoms with van der Waals surface area (Å²) in [5.74, 6) is -0.259. The fourth-order valence-electron chi connectivity index (χ4n) is 10.2. The van der Waals surface area contributed by atoms with E-state index >= 15 is 0 Å². The van der Waals surface area contributed by atoms with Crippen molar-refractivity contribution in [3.63, 3.8) is 0 Å². The summed E-state index contributed by atoms with van der Waals surface area (Å²) >= 11 is 0. The third kappa shape index (κ3) is 38.0. The van der Waals surface area contributed by atoms with E-state index in [0.29, 0.717) is 12.8 Å². The largest absolute Gasteiger partial charge is 0.394 e. The molecule has 0 aromatic carbocycles. The van der Waals surface area contributed by atoms with Crippen molar-refractivity contribution >= 4 is 5.91 Å². The van der Waals surface area contributed by atoms with Gasteiger partial charge >= 0.3 is 0 Å². The van der Waals surface area contributed by atoms with Crippen molar-refractivity contribution in [2.45, 2.75) is 306 Å². The van der Waals surface area contributed by atoms with Gasteiger partial charge in [-0.3, -0.25) is 4.79 Å². The van der Waals surface area contributed by atoms with E-state index in [2.05, 4.69) is 116 Å². The molecule has 1 amide bonds. The molecule has 12 unspecified atom stereocenters. The second-order valence-electron chi connectivity index (χ2n) is 22.9. The predicted octanol–water partition coefficient (Wildman–Crippen LogP) is 12.8. The summed E-state index contributed by atoms with van der Waals surface area (Å²) in [6.45, 7) is 2.66. The van der Waals surface area contributed by atoms with Gasteiger partial charge in [0.1, 0.15) is 48.8 Å². The number of aliphatic hydroxyl groups is 8. The predicted molar refractivity (Wildman–Crippen MR) is 341 cm³/mol. The van der Waals surface area contributed by atoms with Crippen LogP contribution in [-0.4, -0.2) is 140 Å². The van der Waals surface area contributed by atoms with Crippen LogP contribution in [0.5, 0.6) is 0 Å². The zero-order chi connectivity index (χ0) is 60.9. The van der Waals surface area contributed by atoms with Crippen LogP contribution >= 0.6 is 0 Å². The standard InChI is InChI=1S/C70H119NO13/c1-3-5-7-9-11-13-15-17-19-21-23-24-25-26-27-28-29-30-31-32-33-34-36-38-40-42-44-46-48-50-52-54-62(75)71-58(59(74)53-51-49-47-45-43-41-39-37-35-22-20-18-16-14-12-10-8-6-4-2)57-81-69-67(80)65(78)68(61(56-73)83-69)84-70-66(79)64(77)63(76)60(55-72)82-70/h5,7,11,13,17,19,23-24,26-27,29-30,32-33,43,45,51,53,58-61,63-70,72-74,76-80H,3-4,6,8-10,12,14-16,18,20-22,25,28,31,34-42,44,46-50,52,54-57H2,1-2H3,(H,71,75)/b7-5-,13-11-,19-17-,24-23-,27-26-,30-29-,33-32-,45-43+,53-51+. The number of nitrogens with one attached hydrogen (secondary N) is 1. The van der Waals surface area contributed by atoms with Crippen molar-refractivity contribution in [1.82, 2.24) is 5.32 Å². The average molecular weight is 1180 g/mol. The lowest BCUT2D eigenvalue weighted by Gasteiger charge is -2.46. The smallest absolute Gasteiger partial charge is 0.220 e. The van der Waals surface area contributed by atoms with E-state index in [-0.39, 0.29) is 18.9 Å². The highest BCUT2D eigenvalue weighted by molar-refractivity contribution is 5.76. The van der Waals surface area contributed by atoms with Gasteiger partial charge in [-0.25, -0.2) is 0 Å². The quantitative estimate of drug-likeness (QED) is 0.0204. The second kappa shape index (κ2) is 53.9. The van der Waals surface area contributed by atoms with Gasteiger partial charge in [0, 0.05) is 6.42 Å². The van der Waals surface area contributed by atoms with Crippen molar-refractivity contribution in [1.29, 1.82) is 0 Å². The zero-order valence-electron chi connectivity index (χ0n) is 52.1. The van der Waals surface area contributed by atoms with Crippen LogP contribution in [0.25, 0.3) is 0 Å². The van der Waals surface area contributed by atoms with E-state index in [4.69, 9.17) is 18.9 Å². The van der Waals surface area contributed by atoms with Crippen LogP contribution in [-0.2, 0) is 23.7 Å². The van der Waals surface area contributed by atoms with Gasteiger partial charge in [0.25, 0.3) is 0 Å². The Bertz CT molecular complexity index is 1820. The molecule has 14 nitrogen and oxygen atoms in total. The minimum atomic E-state index is -1.80. The van der Waals surface area contributed by atoms with E-state index < -0.39 is 86.8 Å². The summed E-state index contributed by atoms with van der Waals surface area (Å²) in [4.78, 5) is 13.3. The van der Waals surface area contributed by atoms with Crippen LogP contribution < -0.4 is 5.32 Å². The minimum Gasteiger partial charge on any atom is -0.394 e. The number of amides is 1. The van der Waals surface area contributed by atoms with Gasteiger partial charge in [-0.2, -0.15) is 0 Å².